The molecule has 2 rings (SSSR count). The number of aromatic nitrogens is 2. The second kappa shape index (κ2) is 7.87. The van der Waals surface area contributed by atoms with Crippen LogP contribution in [-0.2, 0) is 11.3 Å². The molecule has 5 nitrogen and oxygen atoms in total. The van der Waals surface area contributed by atoms with Crippen molar-refractivity contribution in [2.75, 3.05) is 26.3 Å². The van der Waals surface area contributed by atoms with Crippen LogP contribution in [0.1, 0.15) is 19.8 Å². The van der Waals surface area contributed by atoms with E-state index >= 15 is 0 Å². The van der Waals surface area contributed by atoms with Gasteiger partial charge in [0.1, 0.15) is 0 Å². The molecular weight excluding hydrogens is 254 g/mol. The van der Waals surface area contributed by atoms with Gasteiger partial charge in [-0.25, -0.2) is 4.79 Å². The average molecular weight is 277 g/mol. The van der Waals surface area contributed by atoms with Gasteiger partial charge in [0.2, 0.25) is 0 Å². The summed E-state index contributed by atoms with van der Waals surface area (Å²) in [4.78, 5) is 14.7. The molecule has 0 saturated carbocycles. The molecule has 1 heterocycles. The van der Waals surface area contributed by atoms with Crippen LogP contribution in [-0.4, -0.2) is 35.9 Å². The van der Waals surface area contributed by atoms with E-state index in [1.165, 1.54) is 0 Å². The average Bonchev–Trinajstić information content (AvgIpc) is 2.78. The lowest BCUT2D eigenvalue weighted by Gasteiger charge is -2.06. The number of nitrogens with zero attached hydrogens (tertiary/aromatic N) is 1. The Kier molecular flexibility index (Phi) is 5.83. The third kappa shape index (κ3) is 3.95. The number of imidazole rings is 1. The zero-order valence-corrected chi connectivity index (χ0v) is 12.0. The summed E-state index contributed by atoms with van der Waals surface area (Å²) < 4.78 is 7.31. The molecule has 0 bridgehead atoms. The van der Waals surface area contributed by atoms with Gasteiger partial charge in [-0.3, -0.25) is 4.57 Å². The molecule has 0 unspecified atom stereocenters. The highest BCUT2D eigenvalue weighted by molar-refractivity contribution is 5.74. The van der Waals surface area contributed by atoms with Crippen molar-refractivity contribution in [3.63, 3.8) is 0 Å². The minimum atomic E-state index is -0.0455. The van der Waals surface area contributed by atoms with E-state index in [-0.39, 0.29) is 5.69 Å². The van der Waals surface area contributed by atoms with Gasteiger partial charge in [-0.1, -0.05) is 19.1 Å². The molecule has 0 atom stereocenters. The molecule has 0 aliphatic rings. The lowest BCUT2D eigenvalue weighted by molar-refractivity contribution is 0.130. The Bertz CT molecular complexity index is 574. The minimum Gasteiger partial charge on any atom is -0.380 e. The Morgan fingerprint density at radius 2 is 2.10 bits per heavy atom. The molecule has 2 N–H and O–H groups in total. The first kappa shape index (κ1) is 14.8. The summed E-state index contributed by atoms with van der Waals surface area (Å²) in [5.74, 6) is 0. The Morgan fingerprint density at radius 3 is 2.95 bits per heavy atom. The third-order valence-corrected chi connectivity index (χ3v) is 3.20. The lowest BCUT2D eigenvalue weighted by atomic mass is 10.3. The number of H-pyrrole nitrogens is 1. The fraction of sp³-hybridized carbons (Fsp3) is 0.533. The minimum absolute atomic E-state index is 0.0455. The number of hydrogen-bond acceptors (Lipinski definition) is 3. The number of aromatic amines is 1. The Balaban J connectivity index is 1.73. The van der Waals surface area contributed by atoms with E-state index in [2.05, 4.69) is 17.2 Å². The molecular formula is C15H23N3O2. The second-order valence-corrected chi connectivity index (χ2v) is 4.81. The van der Waals surface area contributed by atoms with E-state index in [9.17, 15) is 4.79 Å². The van der Waals surface area contributed by atoms with E-state index in [1.54, 1.807) is 4.57 Å². The molecule has 1 aromatic heterocycles. The van der Waals surface area contributed by atoms with Crippen LogP contribution in [0.15, 0.2) is 29.1 Å². The molecule has 5 heteroatoms. The van der Waals surface area contributed by atoms with Crippen LogP contribution >= 0.6 is 0 Å². The molecule has 0 amide bonds. The summed E-state index contributed by atoms with van der Waals surface area (Å²) in [7, 11) is 0. The molecule has 0 radical (unpaired) electrons. The van der Waals surface area contributed by atoms with Crippen LogP contribution in [0.3, 0.4) is 0 Å². The van der Waals surface area contributed by atoms with E-state index in [4.69, 9.17) is 4.74 Å². The number of para-hydroxylation sites is 2. The Hall–Kier alpha value is -1.59. The summed E-state index contributed by atoms with van der Waals surface area (Å²) in [6.07, 6.45) is 1.99. The van der Waals surface area contributed by atoms with Crippen molar-refractivity contribution < 1.29 is 4.74 Å². The molecule has 0 aliphatic carbocycles. The number of nitrogens with one attached hydrogen (secondary N) is 2. The first-order valence-corrected chi connectivity index (χ1v) is 7.29. The fourth-order valence-electron chi connectivity index (χ4n) is 2.20. The maximum absolute atomic E-state index is 11.8. The van der Waals surface area contributed by atoms with Gasteiger partial charge in [-0.05, 0) is 31.5 Å². The monoisotopic (exact) mass is 277 g/mol. The number of fused-ring (bicyclic) bond motifs is 1. The van der Waals surface area contributed by atoms with Crippen LogP contribution in [0, 0.1) is 0 Å². The molecule has 0 saturated heterocycles. The van der Waals surface area contributed by atoms with Crippen LogP contribution in [0.5, 0.6) is 0 Å². The smallest absolute Gasteiger partial charge is 0.326 e. The molecule has 0 spiro atoms. The van der Waals surface area contributed by atoms with Gasteiger partial charge in [0, 0.05) is 19.7 Å². The van der Waals surface area contributed by atoms with Gasteiger partial charge in [-0.15, -0.1) is 0 Å². The predicted octanol–water partition coefficient (Wildman–Crippen LogP) is 1.74. The van der Waals surface area contributed by atoms with Crippen molar-refractivity contribution in [2.45, 2.75) is 26.3 Å². The van der Waals surface area contributed by atoms with Crippen LogP contribution < -0.4 is 11.0 Å². The number of benzene rings is 1. The maximum atomic E-state index is 11.8. The van der Waals surface area contributed by atoms with Crippen molar-refractivity contribution in [3.05, 3.63) is 34.7 Å². The summed E-state index contributed by atoms with van der Waals surface area (Å²) in [5.41, 5.74) is 1.81. The van der Waals surface area contributed by atoms with E-state index < -0.39 is 0 Å². The van der Waals surface area contributed by atoms with Crippen molar-refractivity contribution in [1.29, 1.82) is 0 Å². The molecule has 20 heavy (non-hydrogen) atoms. The van der Waals surface area contributed by atoms with E-state index in [1.807, 2.05) is 24.3 Å². The van der Waals surface area contributed by atoms with Gasteiger partial charge in [0.15, 0.2) is 0 Å². The number of rotatable bonds is 9. The van der Waals surface area contributed by atoms with Gasteiger partial charge in [0.25, 0.3) is 0 Å². The normalized spacial score (nSPS) is 11.2. The van der Waals surface area contributed by atoms with Crippen LogP contribution in [0.2, 0.25) is 0 Å². The Labute approximate surface area is 118 Å². The summed E-state index contributed by atoms with van der Waals surface area (Å²) in [6.45, 7) is 6.16. The van der Waals surface area contributed by atoms with Crippen LogP contribution in [0.4, 0.5) is 0 Å². The standard InChI is InChI=1S/C15H23N3O2/c1-2-8-16-9-12-20-11-5-10-18-14-7-4-3-6-13(14)17-15(18)19/h3-4,6-7,16H,2,5,8-12H2,1H3,(H,17,19). The SMILES string of the molecule is CCCNCCOCCCn1c(=O)[nH]c2ccccc21. The topological polar surface area (TPSA) is 59.0 Å². The zero-order valence-electron chi connectivity index (χ0n) is 12.0. The molecule has 1 aromatic carbocycles. The summed E-state index contributed by atoms with van der Waals surface area (Å²) in [5, 5.41) is 3.29. The first-order valence-electron chi connectivity index (χ1n) is 7.29. The van der Waals surface area contributed by atoms with Gasteiger partial charge in [-0.2, -0.15) is 0 Å². The van der Waals surface area contributed by atoms with Gasteiger partial charge in [0.05, 0.1) is 17.6 Å². The van der Waals surface area contributed by atoms with Crippen molar-refractivity contribution in [2.24, 2.45) is 0 Å². The fourth-order valence-corrected chi connectivity index (χ4v) is 2.20. The van der Waals surface area contributed by atoms with Crippen LogP contribution in [0.25, 0.3) is 11.0 Å². The number of hydrogen-bond donors (Lipinski definition) is 2. The molecule has 0 fully saturated rings. The van der Waals surface area contributed by atoms with E-state index in [0.717, 1.165) is 43.6 Å². The predicted molar refractivity (Wildman–Crippen MR) is 81.2 cm³/mol. The van der Waals surface area contributed by atoms with Gasteiger partial charge >= 0.3 is 5.69 Å². The van der Waals surface area contributed by atoms with Crippen molar-refractivity contribution in [1.82, 2.24) is 14.9 Å². The highest BCUT2D eigenvalue weighted by Gasteiger charge is 2.04. The zero-order chi connectivity index (χ0) is 14.2. The quantitative estimate of drug-likeness (QED) is 0.686. The summed E-state index contributed by atoms with van der Waals surface area (Å²) >= 11 is 0. The molecule has 0 aliphatic heterocycles. The summed E-state index contributed by atoms with van der Waals surface area (Å²) in [6, 6.07) is 7.75. The highest BCUT2D eigenvalue weighted by Crippen LogP contribution is 2.09. The van der Waals surface area contributed by atoms with Crippen molar-refractivity contribution in [3.8, 4) is 0 Å². The largest absolute Gasteiger partial charge is 0.380 e. The first-order chi connectivity index (χ1) is 9.83. The molecule has 2 aromatic rings. The highest BCUT2D eigenvalue weighted by atomic mass is 16.5. The number of ether oxygens (including phenoxy) is 1. The second-order valence-electron chi connectivity index (χ2n) is 4.81. The van der Waals surface area contributed by atoms with Crippen molar-refractivity contribution >= 4 is 11.0 Å². The lowest BCUT2D eigenvalue weighted by Crippen LogP contribution is -2.21. The maximum Gasteiger partial charge on any atom is 0.326 e. The number of aryl methyl sites for hydroxylation is 1. The van der Waals surface area contributed by atoms with Gasteiger partial charge < -0.3 is 15.0 Å². The molecule has 110 valence electrons. The third-order valence-electron chi connectivity index (χ3n) is 3.20. The van der Waals surface area contributed by atoms with E-state index in [0.29, 0.717) is 13.2 Å². The Morgan fingerprint density at radius 1 is 1.25 bits per heavy atom.